The standard InChI is InChI=1S/C10H15N3O2/c1-10(2-4-11-5-3-10)9(14)13-8-6-12-15-7-8/h6-7,11H,2-5H2,1H3,(H,13,14). The van der Waals surface area contributed by atoms with E-state index in [4.69, 9.17) is 0 Å². The Bertz CT molecular complexity index is 328. The Labute approximate surface area is 88.2 Å². The van der Waals surface area contributed by atoms with E-state index in [1.165, 1.54) is 12.5 Å². The summed E-state index contributed by atoms with van der Waals surface area (Å²) in [5.74, 6) is 0.0483. The quantitative estimate of drug-likeness (QED) is 0.762. The third-order valence-electron chi connectivity index (χ3n) is 2.95. The highest BCUT2D eigenvalue weighted by atomic mass is 16.5. The number of carbonyl (C=O) groups excluding carboxylic acids is 1. The van der Waals surface area contributed by atoms with Crippen molar-refractivity contribution in [1.82, 2.24) is 10.5 Å². The summed E-state index contributed by atoms with van der Waals surface area (Å²) in [6, 6.07) is 0. The van der Waals surface area contributed by atoms with Crippen LogP contribution in [0.15, 0.2) is 17.0 Å². The summed E-state index contributed by atoms with van der Waals surface area (Å²) in [6.07, 6.45) is 4.67. The van der Waals surface area contributed by atoms with E-state index >= 15 is 0 Å². The predicted molar refractivity (Wildman–Crippen MR) is 55.3 cm³/mol. The number of aromatic nitrogens is 1. The highest BCUT2D eigenvalue weighted by Crippen LogP contribution is 2.29. The molecule has 0 saturated carbocycles. The van der Waals surface area contributed by atoms with Crippen molar-refractivity contribution >= 4 is 11.6 Å². The first-order valence-corrected chi connectivity index (χ1v) is 5.12. The monoisotopic (exact) mass is 209 g/mol. The van der Waals surface area contributed by atoms with Gasteiger partial charge in [0.05, 0.1) is 6.20 Å². The van der Waals surface area contributed by atoms with Gasteiger partial charge in [0.25, 0.3) is 0 Å². The van der Waals surface area contributed by atoms with E-state index in [2.05, 4.69) is 20.3 Å². The molecule has 1 amide bonds. The molecule has 0 radical (unpaired) electrons. The second kappa shape index (κ2) is 4.02. The molecule has 0 aliphatic carbocycles. The van der Waals surface area contributed by atoms with Gasteiger partial charge in [0.15, 0.2) is 0 Å². The Balaban J connectivity index is 2.00. The van der Waals surface area contributed by atoms with Crippen molar-refractivity contribution in [3.63, 3.8) is 0 Å². The van der Waals surface area contributed by atoms with Gasteiger partial charge in [0, 0.05) is 5.41 Å². The SMILES string of the molecule is CC1(C(=O)Nc2cnoc2)CCNCC1. The third kappa shape index (κ3) is 2.18. The number of nitrogens with one attached hydrogen (secondary N) is 2. The van der Waals surface area contributed by atoms with Crippen LogP contribution in [0.2, 0.25) is 0 Å². The zero-order chi connectivity index (χ0) is 10.7. The Morgan fingerprint density at radius 1 is 1.60 bits per heavy atom. The molecule has 2 heterocycles. The van der Waals surface area contributed by atoms with Gasteiger partial charge in [0.1, 0.15) is 12.0 Å². The van der Waals surface area contributed by atoms with Gasteiger partial charge in [-0.3, -0.25) is 4.79 Å². The van der Waals surface area contributed by atoms with E-state index in [0.717, 1.165) is 25.9 Å². The largest absolute Gasteiger partial charge is 0.363 e. The fourth-order valence-electron chi connectivity index (χ4n) is 1.75. The molecule has 1 aromatic heterocycles. The van der Waals surface area contributed by atoms with Crippen molar-refractivity contribution in [2.24, 2.45) is 5.41 Å². The van der Waals surface area contributed by atoms with Crippen LogP contribution in [0, 0.1) is 5.41 Å². The molecule has 0 atom stereocenters. The maximum Gasteiger partial charge on any atom is 0.230 e. The van der Waals surface area contributed by atoms with E-state index in [1.54, 1.807) is 0 Å². The highest BCUT2D eigenvalue weighted by molar-refractivity contribution is 5.94. The molecule has 0 spiro atoms. The van der Waals surface area contributed by atoms with Crippen LogP contribution in [0.25, 0.3) is 0 Å². The Kier molecular flexibility index (Phi) is 2.73. The molecule has 15 heavy (non-hydrogen) atoms. The van der Waals surface area contributed by atoms with Gasteiger partial charge in [-0.2, -0.15) is 0 Å². The number of nitrogens with zero attached hydrogens (tertiary/aromatic N) is 1. The summed E-state index contributed by atoms with van der Waals surface area (Å²) < 4.78 is 4.66. The number of anilines is 1. The Morgan fingerprint density at radius 3 is 2.93 bits per heavy atom. The number of piperidine rings is 1. The molecule has 1 aromatic rings. The summed E-state index contributed by atoms with van der Waals surface area (Å²) in [4.78, 5) is 12.0. The second-order valence-corrected chi connectivity index (χ2v) is 4.18. The van der Waals surface area contributed by atoms with E-state index in [9.17, 15) is 4.79 Å². The lowest BCUT2D eigenvalue weighted by Crippen LogP contribution is -2.42. The van der Waals surface area contributed by atoms with Crippen LogP contribution in [0.1, 0.15) is 19.8 Å². The number of amides is 1. The smallest absolute Gasteiger partial charge is 0.230 e. The first-order valence-electron chi connectivity index (χ1n) is 5.12. The number of carbonyl (C=O) groups is 1. The van der Waals surface area contributed by atoms with Crippen LogP contribution in [-0.2, 0) is 4.79 Å². The van der Waals surface area contributed by atoms with Gasteiger partial charge < -0.3 is 15.2 Å². The lowest BCUT2D eigenvalue weighted by Gasteiger charge is -2.32. The van der Waals surface area contributed by atoms with E-state index < -0.39 is 0 Å². The molecule has 2 rings (SSSR count). The number of rotatable bonds is 2. The molecule has 5 nitrogen and oxygen atoms in total. The molecule has 1 aliphatic rings. The molecule has 2 N–H and O–H groups in total. The van der Waals surface area contributed by atoms with Crippen LogP contribution in [0.4, 0.5) is 5.69 Å². The minimum absolute atomic E-state index is 0.0483. The summed E-state index contributed by atoms with van der Waals surface area (Å²) >= 11 is 0. The Hall–Kier alpha value is -1.36. The molecule has 82 valence electrons. The summed E-state index contributed by atoms with van der Waals surface area (Å²) in [6.45, 7) is 3.79. The van der Waals surface area contributed by atoms with Gasteiger partial charge in [-0.05, 0) is 25.9 Å². The van der Waals surface area contributed by atoms with Crippen molar-refractivity contribution < 1.29 is 9.32 Å². The van der Waals surface area contributed by atoms with Gasteiger partial charge in [-0.1, -0.05) is 12.1 Å². The second-order valence-electron chi connectivity index (χ2n) is 4.18. The molecular weight excluding hydrogens is 194 g/mol. The zero-order valence-corrected chi connectivity index (χ0v) is 8.75. The van der Waals surface area contributed by atoms with Crippen LogP contribution >= 0.6 is 0 Å². The molecule has 0 bridgehead atoms. The zero-order valence-electron chi connectivity index (χ0n) is 8.75. The molecule has 0 unspecified atom stereocenters. The van der Waals surface area contributed by atoms with Crippen LogP contribution in [-0.4, -0.2) is 24.2 Å². The lowest BCUT2D eigenvalue weighted by molar-refractivity contribution is -0.126. The van der Waals surface area contributed by atoms with E-state index in [1.807, 2.05) is 6.92 Å². The maximum absolute atomic E-state index is 12.0. The predicted octanol–water partition coefficient (Wildman–Crippen LogP) is 1.00. The summed E-state index contributed by atoms with van der Waals surface area (Å²) in [7, 11) is 0. The first kappa shape index (κ1) is 10.2. The Morgan fingerprint density at radius 2 is 2.33 bits per heavy atom. The number of hydrogen-bond acceptors (Lipinski definition) is 4. The maximum atomic E-state index is 12.0. The normalized spacial score (nSPS) is 19.8. The molecule has 5 heteroatoms. The topological polar surface area (TPSA) is 67.2 Å². The highest BCUT2D eigenvalue weighted by Gasteiger charge is 2.34. The van der Waals surface area contributed by atoms with Gasteiger partial charge in [-0.15, -0.1) is 0 Å². The van der Waals surface area contributed by atoms with Gasteiger partial charge >= 0.3 is 0 Å². The first-order chi connectivity index (χ1) is 7.21. The minimum Gasteiger partial charge on any atom is -0.363 e. The summed E-state index contributed by atoms with van der Waals surface area (Å²) in [5, 5.41) is 9.59. The molecule has 1 aliphatic heterocycles. The van der Waals surface area contributed by atoms with E-state index in [-0.39, 0.29) is 11.3 Å². The third-order valence-corrected chi connectivity index (χ3v) is 2.95. The lowest BCUT2D eigenvalue weighted by atomic mass is 9.80. The van der Waals surface area contributed by atoms with Crippen LogP contribution in [0.3, 0.4) is 0 Å². The summed E-state index contributed by atoms with van der Waals surface area (Å²) in [5.41, 5.74) is 0.349. The fraction of sp³-hybridized carbons (Fsp3) is 0.600. The van der Waals surface area contributed by atoms with Crippen LogP contribution in [0.5, 0.6) is 0 Å². The average Bonchev–Trinajstić information content (AvgIpc) is 2.71. The van der Waals surface area contributed by atoms with Crippen molar-refractivity contribution in [3.05, 3.63) is 12.5 Å². The van der Waals surface area contributed by atoms with Gasteiger partial charge in [-0.25, -0.2) is 0 Å². The van der Waals surface area contributed by atoms with Crippen molar-refractivity contribution in [3.8, 4) is 0 Å². The van der Waals surface area contributed by atoms with Crippen molar-refractivity contribution in [1.29, 1.82) is 0 Å². The van der Waals surface area contributed by atoms with Crippen molar-refractivity contribution in [2.75, 3.05) is 18.4 Å². The number of hydrogen-bond donors (Lipinski definition) is 2. The molecule has 1 fully saturated rings. The van der Waals surface area contributed by atoms with Crippen LogP contribution < -0.4 is 10.6 Å². The average molecular weight is 209 g/mol. The van der Waals surface area contributed by atoms with Gasteiger partial charge in [0.2, 0.25) is 5.91 Å². The molecule has 0 aromatic carbocycles. The molecule has 1 saturated heterocycles. The fourth-order valence-corrected chi connectivity index (χ4v) is 1.75. The molecular formula is C10H15N3O2. The van der Waals surface area contributed by atoms with Crippen molar-refractivity contribution in [2.45, 2.75) is 19.8 Å². The van der Waals surface area contributed by atoms with E-state index in [0.29, 0.717) is 5.69 Å². The minimum atomic E-state index is -0.275.